The maximum absolute atomic E-state index is 5.37. The minimum atomic E-state index is -2.64. The molecule has 0 amide bonds. The molecule has 0 spiro atoms. The van der Waals surface area contributed by atoms with Gasteiger partial charge < -0.3 is 13.3 Å². The summed E-state index contributed by atoms with van der Waals surface area (Å²) in [5.74, 6) is 0.839. The summed E-state index contributed by atoms with van der Waals surface area (Å²) in [6, 6.07) is 0. The first-order chi connectivity index (χ1) is 6.05. The SMILES string of the molecule is CCS(S)(SS)[Si](OC)(OC)OC. The van der Waals surface area contributed by atoms with Gasteiger partial charge in [0.1, 0.15) is 0 Å². The number of thiol groups is 2. The lowest BCUT2D eigenvalue weighted by Crippen LogP contribution is -2.45. The minimum absolute atomic E-state index is 0.839. The summed E-state index contributed by atoms with van der Waals surface area (Å²) in [5.41, 5.74) is 0. The number of hydrogen-bond donors (Lipinski definition) is 2. The van der Waals surface area contributed by atoms with Crippen molar-refractivity contribution < 1.29 is 13.3 Å². The summed E-state index contributed by atoms with van der Waals surface area (Å²) < 4.78 is 16.1. The molecule has 82 valence electrons. The zero-order valence-corrected chi connectivity index (χ0v) is 12.6. The molecule has 3 nitrogen and oxygen atoms in total. The third-order valence-corrected chi connectivity index (χ3v) is 21.8. The van der Waals surface area contributed by atoms with Gasteiger partial charge in [0.25, 0.3) is 0 Å². The monoisotopic (exact) mass is 280 g/mol. The van der Waals surface area contributed by atoms with E-state index >= 15 is 0 Å². The molecule has 13 heavy (non-hydrogen) atoms. The molecule has 0 fully saturated rings. The van der Waals surface area contributed by atoms with Crippen molar-refractivity contribution >= 4 is 48.6 Å². The van der Waals surface area contributed by atoms with Crippen molar-refractivity contribution in [2.45, 2.75) is 6.92 Å². The van der Waals surface area contributed by atoms with Crippen LogP contribution in [0.25, 0.3) is 0 Å². The molecular formula is C5H16O3S4Si. The molecule has 0 N–H and O–H groups in total. The van der Waals surface area contributed by atoms with E-state index in [4.69, 9.17) is 13.3 Å². The van der Waals surface area contributed by atoms with Gasteiger partial charge in [-0.2, -0.15) is 0 Å². The average Bonchev–Trinajstić information content (AvgIpc) is 2.20. The average molecular weight is 281 g/mol. The van der Waals surface area contributed by atoms with E-state index in [1.54, 1.807) is 21.3 Å². The third-order valence-electron chi connectivity index (χ3n) is 1.66. The van der Waals surface area contributed by atoms with Crippen LogP contribution in [0.3, 0.4) is 0 Å². The molecule has 0 aliphatic carbocycles. The Morgan fingerprint density at radius 1 is 1.23 bits per heavy atom. The van der Waals surface area contributed by atoms with Crippen molar-refractivity contribution in [3.63, 3.8) is 0 Å². The van der Waals surface area contributed by atoms with Crippen molar-refractivity contribution in [2.75, 3.05) is 27.1 Å². The Kier molecular flexibility index (Phi) is 6.87. The van der Waals surface area contributed by atoms with Crippen LogP contribution in [-0.4, -0.2) is 35.0 Å². The standard InChI is InChI=1S/C5H16O3S4Si/c1-5-12(10,11-9)13(6-2,7-3)8-4/h9-10H,5H2,1-4H3. The Morgan fingerprint density at radius 3 is 1.69 bits per heavy atom. The molecule has 0 aromatic carbocycles. The van der Waals surface area contributed by atoms with Crippen LogP contribution >= 0.6 is 40.7 Å². The van der Waals surface area contributed by atoms with Crippen LogP contribution in [0, 0.1) is 0 Å². The number of hydrogen-bond acceptors (Lipinski definition) is 6. The molecule has 0 aliphatic heterocycles. The van der Waals surface area contributed by atoms with E-state index in [2.05, 4.69) is 23.3 Å². The van der Waals surface area contributed by atoms with E-state index in [9.17, 15) is 0 Å². The van der Waals surface area contributed by atoms with E-state index in [-0.39, 0.29) is 0 Å². The smallest absolute Gasteiger partial charge is 0.369 e. The lowest BCUT2D eigenvalue weighted by molar-refractivity contribution is 0.152. The molecule has 0 heterocycles. The van der Waals surface area contributed by atoms with E-state index in [1.165, 1.54) is 9.83 Å². The lowest BCUT2D eigenvalue weighted by Gasteiger charge is -2.41. The molecule has 0 saturated carbocycles. The maximum Gasteiger partial charge on any atom is 0.574 e. The van der Waals surface area contributed by atoms with Gasteiger partial charge >= 0.3 is 7.95 Å². The minimum Gasteiger partial charge on any atom is -0.369 e. The molecule has 0 saturated heterocycles. The van der Waals surface area contributed by atoms with Gasteiger partial charge in [0.2, 0.25) is 0 Å². The van der Waals surface area contributed by atoms with Crippen LogP contribution in [0.2, 0.25) is 0 Å². The van der Waals surface area contributed by atoms with E-state index in [0.717, 1.165) is 5.75 Å². The van der Waals surface area contributed by atoms with Crippen molar-refractivity contribution in [3.05, 3.63) is 0 Å². The van der Waals surface area contributed by atoms with Crippen molar-refractivity contribution in [3.8, 4) is 0 Å². The van der Waals surface area contributed by atoms with E-state index < -0.39 is 15.5 Å². The van der Waals surface area contributed by atoms with Gasteiger partial charge in [0, 0.05) is 21.3 Å². The molecule has 0 aromatic rings. The van der Waals surface area contributed by atoms with Crippen LogP contribution in [0.15, 0.2) is 0 Å². The Labute approximate surface area is 95.6 Å². The first-order valence-corrected chi connectivity index (χ1v) is 11.3. The summed E-state index contributed by atoms with van der Waals surface area (Å²) in [7, 11) is 2.11. The second-order valence-corrected chi connectivity index (χ2v) is 18.0. The quantitative estimate of drug-likeness (QED) is 0.444. The summed E-state index contributed by atoms with van der Waals surface area (Å²) in [5, 5.41) is 0. The number of rotatable bonds is 6. The van der Waals surface area contributed by atoms with Gasteiger partial charge in [-0.3, -0.25) is 0 Å². The molecule has 1 unspecified atom stereocenters. The molecule has 0 bridgehead atoms. The highest BCUT2D eigenvalue weighted by Crippen LogP contribution is 2.71. The molecule has 0 aliphatic rings. The Bertz CT molecular complexity index is 142. The molecule has 0 radical (unpaired) electrons. The normalized spacial score (nSPS) is 19.5. The Morgan fingerprint density at radius 2 is 1.62 bits per heavy atom. The van der Waals surface area contributed by atoms with Gasteiger partial charge in [0.05, 0.1) is 0 Å². The van der Waals surface area contributed by atoms with Gasteiger partial charge in [-0.25, -0.2) is 0 Å². The highest BCUT2D eigenvalue weighted by atomic mass is 33.8. The highest BCUT2D eigenvalue weighted by Gasteiger charge is 2.54. The molecule has 1 atom stereocenters. The van der Waals surface area contributed by atoms with Crippen LogP contribution in [0.4, 0.5) is 0 Å². The fourth-order valence-corrected chi connectivity index (χ4v) is 14.8. The zero-order valence-electron chi connectivity index (χ0n) is 8.14. The maximum atomic E-state index is 5.37. The summed E-state index contributed by atoms with van der Waals surface area (Å²) >= 11 is 8.80. The van der Waals surface area contributed by atoms with E-state index in [1.807, 2.05) is 6.92 Å². The predicted octanol–water partition coefficient (Wildman–Crippen LogP) is 2.52. The second-order valence-electron chi connectivity index (χ2n) is 2.12. The lowest BCUT2D eigenvalue weighted by atomic mass is 11.0. The molecule has 0 aromatic heterocycles. The second kappa shape index (κ2) is 6.16. The Balaban J connectivity index is 4.87. The van der Waals surface area contributed by atoms with Crippen LogP contribution in [0.1, 0.15) is 6.92 Å². The molecular weight excluding hydrogens is 264 g/mol. The fraction of sp³-hybridized carbons (Fsp3) is 1.00. The topological polar surface area (TPSA) is 27.7 Å². The van der Waals surface area contributed by atoms with Gasteiger partial charge in [-0.05, 0) is 15.6 Å². The van der Waals surface area contributed by atoms with Gasteiger partial charge in [-0.15, -0.1) is 23.3 Å². The van der Waals surface area contributed by atoms with Crippen molar-refractivity contribution in [2.24, 2.45) is 0 Å². The van der Waals surface area contributed by atoms with Crippen LogP contribution < -0.4 is 0 Å². The zero-order chi connectivity index (χ0) is 10.5. The van der Waals surface area contributed by atoms with Crippen molar-refractivity contribution in [1.29, 1.82) is 0 Å². The van der Waals surface area contributed by atoms with Crippen molar-refractivity contribution in [1.82, 2.24) is 0 Å². The fourth-order valence-electron chi connectivity index (χ4n) is 0.916. The van der Waals surface area contributed by atoms with E-state index in [0.29, 0.717) is 0 Å². The molecule has 8 heteroatoms. The largest absolute Gasteiger partial charge is 0.574 e. The first kappa shape index (κ1) is 14.5. The van der Waals surface area contributed by atoms with Gasteiger partial charge in [-0.1, -0.05) is 14.5 Å². The Hall–Kier alpha value is 1.50. The highest BCUT2D eigenvalue weighted by molar-refractivity contribution is 9.40. The first-order valence-electron chi connectivity index (χ1n) is 3.57. The third kappa shape index (κ3) is 2.74. The summed E-state index contributed by atoms with van der Waals surface area (Å²) in [6.07, 6.45) is 0. The molecule has 0 rings (SSSR count). The summed E-state index contributed by atoms with van der Waals surface area (Å²) in [6.45, 7) is 2.03. The van der Waals surface area contributed by atoms with Gasteiger partial charge in [0.15, 0.2) is 0 Å². The predicted molar refractivity (Wildman–Crippen MR) is 70.5 cm³/mol. The van der Waals surface area contributed by atoms with Crippen LogP contribution in [-0.2, 0) is 13.3 Å². The summed E-state index contributed by atoms with van der Waals surface area (Å²) in [4.78, 5) is 0. The van der Waals surface area contributed by atoms with Crippen LogP contribution in [0.5, 0.6) is 0 Å².